The summed E-state index contributed by atoms with van der Waals surface area (Å²) in [6.07, 6.45) is 0. The Morgan fingerprint density at radius 1 is 1.22 bits per heavy atom. The Bertz CT molecular complexity index is 465. The Labute approximate surface area is 107 Å². The number of hydrogen-bond donors (Lipinski definition) is 1. The van der Waals surface area contributed by atoms with Crippen LogP contribution in [0.4, 0.5) is 5.69 Å². The van der Waals surface area contributed by atoms with Gasteiger partial charge in [0.1, 0.15) is 12.6 Å². The fraction of sp³-hybridized carbons (Fsp3) is 0.429. The van der Waals surface area contributed by atoms with E-state index in [9.17, 15) is 9.59 Å². The van der Waals surface area contributed by atoms with E-state index in [1.165, 1.54) is 10.5 Å². The molecule has 1 heterocycles. The summed E-state index contributed by atoms with van der Waals surface area (Å²) < 4.78 is 0. The molecule has 0 radical (unpaired) electrons. The lowest BCUT2D eigenvalue weighted by Crippen LogP contribution is -2.57. The molecule has 0 bridgehead atoms. The SMILES string of the molecule is CC1NC(=O)CN(c2ccc(C(C)C)cc2)C1=O. The molecule has 1 fully saturated rings. The number of carbonyl (C=O) groups is 2. The van der Waals surface area contributed by atoms with E-state index in [1.807, 2.05) is 24.3 Å². The zero-order valence-electron chi connectivity index (χ0n) is 10.9. The second-order valence-corrected chi connectivity index (χ2v) is 4.96. The van der Waals surface area contributed by atoms with Crippen LogP contribution in [0, 0.1) is 0 Å². The zero-order valence-corrected chi connectivity index (χ0v) is 10.9. The molecule has 1 aromatic rings. The van der Waals surface area contributed by atoms with E-state index >= 15 is 0 Å². The highest BCUT2D eigenvalue weighted by atomic mass is 16.2. The molecule has 1 aliphatic heterocycles. The van der Waals surface area contributed by atoms with Gasteiger partial charge in [-0.15, -0.1) is 0 Å². The highest BCUT2D eigenvalue weighted by molar-refractivity contribution is 6.06. The smallest absolute Gasteiger partial charge is 0.249 e. The van der Waals surface area contributed by atoms with Crippen LogP contribution < -0.4 is 10.2 Å². The van der Waals surface area contributed by atoms with Gasteiger partial charge in [0.25, 0.3) is 0 Å². The van der Waals surface area contributed by atoms with Gasteiger partial charge in [-0.2, -0.15) is 0 Å². The molecular formula is C14H18N2O2. The highest BCUT2D eigenvalue weighted by Crippen LogP contribution is 2.21. The number of amides is 2. The summed E-state index contributed by atoms with van der Waals surface area (Å²) in [5.74, 6) is 0.278. The molecule has 1 aliphatic rings. The summed E-state index contributed by atoms with van der Waals surface area (Å²) in [6.45, 7) is 6.05. The minimum Gasteiger partial charge on any atom is -0.343 e. The second-order valence-electron chi connectivity index (χ2n) is 4.96. The number of carbonyl (C=O) groups excluding carboxylic acids is 2. The van der Waals surface area contributed by atoms with E-state index in [4.69, 9.17) is 0 Å². The van der Waals surface area contributed by atoms with Gasteiger partial charge in [-0.05, 0) is 30.5 Å². The molecule has 2 rings (SSSR count). The number of rotatable bonds is 2. The molecule has 4 heteroatoms. The fourth-order valence-electron chi connectivity index (χ4n) is 2.06. The molecule has 4 nitrogen and oxygen atoms in total. The number of piperazine rings is 1. The van der Waals surface area contributed by atoms with Crippen molar-refractivity contribution < 1.29 is 9.59 Å². The first-order chi connectivity index (χ1) is 8.49. The third-order valence-electron chi connectivity index (χ3n) is 3.19. The van der Waals surface area contributed by atoms with Gasteiger partial charge in [0.2, 0.25) is 11.8 Å². The van der Waals surface area contributed by atoms with Crippen LogP contribution in [0.15, 0.2) is 24.3 Å². The van der Waals surface area contributed by atoms with Crippen molar-refractivity contribution in [3.63, 3.8) is 0 Å². The predicted molar refractivity (Wildman–Crippen MR) is 70.5 cm³/mol. The van der Waals surface area contributed by atoms with Gasteiger partial charge in [-0.25, -0.2) is 0 Å². The first-order valence-electron chi connectivity index (χ1n) is 6.19. The van der Waals surface area contributed by atoms with Gasteiger partial charge in [-0.3, -0.25) is 9.59 Å². The summed E-state index contributed by atoms with van der Waals surface area (Å²) in [7, 11) is 0. The monoisotopic (exact) mass is 246 g/mol. The number of anilines is 1. The van der Waals surface area contributed by atoms with E-state index in [-0.39, 0.29) is 18.4 Å². The molecule has 0 aliphatic carbocycles. The van der Waals surface area contributed by atoms with Crippen molar-refractivity contribution in [1.29, 1.82) is 0 Å². The molecule has 1 atom stereocenters. The summed E-state index contributed by atoms with van der Waals surface area (Å²) >= 11 is 0. The summed E-state index contributed by atoms with van der Waals surface area (Å²) in [6, 6.07) is 7.36. The van der Waals surface area contributed by atoms with Crippen molar-refractivity contribution >= 4 is 17.5 Å². The molecule has 96 valence electrons. The molecule has 0 saturated carbocycles. The molecule has 18 heavy (non-hydrogen) atoms. The van der Waals surface area contributed by atoms with Gasteiger partial charge < -0.3 is 10.2 Å². The van der Waals surface area contributed by atoms with E-state index in [0.29, 0.717) is 5.92 Å². The summed E-state index contributed by atoms with van der Waals surface area (Å²) in [5.41, 5.74) is 2.01. The highest BCUT2D eigenvalue weighted by Gasteiger charge is 2.30. The lowest BCUT2D eigenvalue weighted by atomic mass is 10.0. The fourth-order valence-corrected chi connectivity index (χ4v) is 2.06. The summed E-state index contributed by atoms with van der Waals surface area (Å²) in [5, 5.41) is 2.63. The Morgan fingerprint density at radius 3 is 2.39 bits per heavy atom. The molecule has 1 aromatic carbocycles. The number of nitrogens with zero attached hydrogens (tertiary/aromatic N) is 1. The lowest BCUT2D eigenvalue weighted by molar-refractivity contribution is -0.130. The number of nitrogens with one attached hydrogen (secondary N) is 1. The first-order valence-corrected chi connectivity index (χ1v) is 6.19. The normalized spacial score (nSPS) is 20.2. The van der Waals surface area contributed by atoms with Crippen LogP contribution in [-0.2, 0) is 9.59 Å². The van der Waals surface area contributed by atoms with Crippen molar-refractivity contribution in [2.75, 3.05) is 11.4 Å². The topological polar surface area (TPSA) is 49.4 Å². The average molecular weight is 246 g/mol. The Balaban J connectivity index is 2.24. The maximum absolute atomic E-state index is 12.0. The number of hydrogen-bond acceptors (Lipinski definition) is 2. The number of benzene rings is 1. The van der Waals surface area contributed by atoms with Crippen LogP contribution in [0.25, 0.3) is 0 Å². The molecule has 1 unspecified atom stereocenters. The van der Waals surface area contributed by atoms with Crippen molar-refractivity contribution in [1.82, 2.24) is 5.32 Å². The summed E-state index contributed by atoms with van der Waals surface area (Å²) in [4.78, 5) is 25.0. The third kappa shape index (κ3) is 2.37. The van der Waals surface area contributed by atoms with Gasteiger partial charge in [0, 0.05) is 5.69 Å². The lowest BCUT2D eigenvalue weighted by Gasteiger charge is -2.30. The van der Waals surface area contributed by atoms with Crippen LogP contribution in [0.1, 0.15) is 32.3 Å². The largest absolute Gasteiger partial charge is 0.343 e. The van der Waals surface area contributed by atoms with E-state index in [1.54, 1.807) is 6.92 Å². The van der Waals surface area contributed by atoms with Crippen LogP contribution in [0.2, 0.25) is 0 Å². The molecule has 0 aromatic heterocycles. The van der Waals surface area contributed by atoms with Crippen molar-refractivity contribution in [3.8, 4) is 0 Å². The third-order valence-corrected chi connectivity index (χ3v) is 3.19. The van der Waals surface area contributed by atoms with Crippen LogP contribution in [0.5, 0.6) is 0 Å². The van der Waals surface area contributed by atoms with Gasteiger partial charge >= 0.3 is 0 Å². The van der Waals surface area contributed by atoms with Crippen molar-refractivity contribution in [3.05, 3.63) is 29.8 Å². The average Bonchev–Trinajstić information content (AvgIpc) is 2.34. The minimum absolute atomic E-state index is 0.0631. The molecule has 2 amide bonds. The van der Waals surface area contributed by atoms with E-state index < -0.39 is 6.04 Å². The Morgan fingerprint density at radius 2 is 1.83 bits per heavy atom. The maximum atomic E-state index is 12.0. The quantitative estimate of drug-likeness (QED) is 0.862. The molecule has 1 N–H and O–H groups in total. The molecular weight excluding hydrogens is 228 g/mol. The van der Waals surface area contributed by atoms with Gasteiger partial charge in [0.15, 0.2) is 0 Å². The molecule has 0 spiro atoms. The van der Waals surface area contributed by atoms with E-state index in [0.717, 1.165) is 5.69 Å². The maximum Gasteiger partial charge on any atom is 0.249 e. The zero-order chi connectivity index (χ0) is 13.3. The van der Waals surface area contributed by atoms with Gasteiger partial charge in [0.05, 0.1) is 0 Å². The standard InChI is InChI=1S/C14H18N2O2/c1-9(2)11-4-6-12(7-5-11)16-8-13(17)15-10(3)14(16)18/h4-7,9-10H,8H2,1-3H3,(H,15,17). The van der Waals surface area contributed by atoms with Crippen LogP contribution >= 0.6 is 0 Å². The van der Waals surface area contributed by atoms with Gasteiger partial charge in [-0.1, -0.05) is 26.0 Å². The molecule has 1 saturated heterocycles. The van der Waals surface area contributed by atoms with Crippen molar-refractivity contribution in [2.45, 2.75) is 32.7 Å². The van der Waals surface area contributed by atoms with Crippen molar-refractivity contribution in [2.24, 2.45) is 0 Å². The van der Waals surface area contributed by atoms with Crippen LogP contribution in [0.3, 0.4) is 0 Å². The minimum atomic E-state index is -0.448. The Hall–Kier alpha value is -1.84. The second kappa shape index (κ2) is 4.80. The van der Waals surface area contributed by atoms with Crippen LogP contribution in [-0.4, -0.2) is 24.4 Å². The van der Waals surface area contributed by atoms with E-state index in [2.05, 4.69) is 19.2 Å². The Kier molecular flexibility index (Phi) is 3.36. The first kappa shape index (κ1) is 12.6. The predicted octanol–water partition coefficient (Wildman–Crippen LogP) is 1.66.